The number of hydrogen-bond donors (Lipinski definition) is 1. The first kappa shape index (κ1) is 12.9. The van der Waals surface area contributed by atoms with Crippen molar-refractivity contribution in [3.8, 4) is 0 Å². The van der Waals surface area contributed by atoms with Crippen molar-refractivity contribution in [3.63, 3.8) is 0 Å². The summed E-state index contributed by atoms with van der Waals surface area (Å²) >= 11 is 4.24. The molecular formula is C12H17NO2S2. The lowest BCUT2D eigenvalue weighted by Crippen LogP contribution is -2.35. The predicted octanol–water partition coefficient (Wildman–Crippen LogP) is 1.91. The molecule has 0 aliphatic carbocycles. The maximum Gasteiger partial charge on any atom is 0.157 e. The minimum absolute atomic E-state index is 0.158. The van der Waals surface area contributed by atoms with E-state index in [0.717, 1.165) is 18.7 Å². The van der Waals surface area contributed by atoms with Crippen molar-refractivity contribution >= 4 is 22.7 Å². The highest BCUT2D eigenvalue weighted by Crippen LogP contribution is 2.22. The van der Waals surface area contributed by atoms with Gasteiger partial charge in [-0.15, -0.1) is 0 Å². The second-order valence-corrected chi connectivity index (χ2v) is 7.29. The number of piperidine rings is 1. The predicted molar refractivity (Wildman–Crippen MR) is 72.6 cm³/mol. The topological polar surface area (TPSA) is 37.4 Å². The van der Waals surface area contributed by atoms with Crippen LogP contribution in [-0.4, -0.2) is 31.1 Å². The molecule has 1 saturated heterocycles. The molecule has 0 aromatic heterocycles. The maximum atomic E-state index is 12.2. The van der Waals surface area contributed by atoms with Crippen molar-refractivity contribution in [2.75, 3.05) is 13.1 Å². The number of hydrogen-bond acceptors (Lipinski definition) is 4. The minimum atomic E-state index is -3.02. The molecule has 2 rings (SSSR count). The van der Waals surface area contributed by atoms with Crippen molar-refractivity contribution in [3.05, 3.63) is 35.9 Å². The van der Waals surface area contributed by atoms with Crippen molar-refractivity contribution in [1.82, 2.24) is 4.31 Å². The Hall–Kier alpha value is -0.520. The highest BCUT2D eigenvalue weighted by molar-refractivity contribution is 7.91. The Morgan fingerprint density at radius 2 is 1.76 bits per heavy atom. The molecule has 1 aliphatic rings. The first-order chi connectivity index (χ1) is 8.08. The van der Waals surface area contributed by atoms with Crippen LogP contribution in [-0.2, 0) is 15.6 Å². The van der Waals surface area contributed by atoms with Gasteiger partial charge in [0.2, 0.25) is 0 Å². The minimum Gasteiger partial charge on any atom is -0.253 e. The summed E-state index contributed by atoms with van der Waals surface area (Å²) in [6.07, 6.45) is 1.39. The van der Waals surface area contributed by atoms with E-state index in [1.54, 1.807) is 0 Å². The summed E-state index contributed by atoms with van der Waals surface area (Å²) in [6.45, 7) is 1.50. The van der Waals surface area contributed by atoms with Crippen LogP contribution >= 0.6 is 12.8 Å². The lowest BCUT2D eigenvalue weighted by Gasteiger charge is -2.27. The Balaban J connectivity index is 2.04. The summed E-state index contributed by atoms with van der Waals surface area (Å²) in [6, 6.07) is 9.38. The average Bonchev–Trinajstić information content (AvgIpc) is 2.30. The van der Waals surface area contributed by atoms with Crippen LogP contribution in [0.15, 0.2) is 30.3 Å². The number of rotatable bonds is 3. The van der Waals surface area contributed by atoms with Gasteiger partial charge in [-0.3, -0.25) is 4.31 Å². The van der Waals surface area contributed by atoms with Crippen LogP contribution in [0.2, 0.25) is 0 Å². The van der Waals surface area contributed by atoms with Crippen LogP contribution in [0, 0.1) is 0 Å². The fourth-order valence-electron chi connectivity index (χ4n) is 2.13. The number of thiol groups is 1. The number of benzene rings is 1. The average molecular weight is 271 g/mol. The largest absolute Gasteiger partial charge is 0.253 e. The van der Waals surface area contributed by atoms with Crippen molar-refractivity contribution in [1.29, 1.82) is 0 Å². The summed E-state index contributed by atoms with van der Waals surface area (Å²) in [4.78, 5) is 0. The third kappa shape index (κ3) is 3.47. The molecule has 1 aromatic rings. The highest BCUT2D eigenvalue weighted by atomic mass is 32.2. The van der Waals surface area contributed by atoms with Gasteiger partial charge in [-0.25, -0.2) is 8.42 Å². The van der Waals surface area contributed by atoms with Gasteiger partial charge in [0.25, 0.3) is 0 Å². The molecule has 0 atom stereocenters. The summed E-state index contributed by atoms with van der Waals surface area (Å²) in [5, 5.41) is -0.203. The van der Waals surface area contributed by atoms with E-state index in [0.29, 0.717) is 12.8 Å². The molecule has 0 spiro atoms. The third-order valence-electron chi connectivity index (χ3n) is 3.14. The number of nitrogens with zero attached hydrogens (tertiary/aromatic N) is 1. The van der Waals surface area contributed by atoms with E-state index in [2.05, 4.69) is 12.8 Å². The summed E-state index contributed by atoms with van der Waals surface area (Å²) < 4.78 is 26.3. The molecule has 1 heterocycles. The van der Waals surface area contributed by atoms with E-state index in [9.17, 15) is 8.42 Å². The molecule has 0 saturated carbocycles. The van der Waals surface area contributed by atoms with E-state index in [1.807, 2.05) is 34.6 Å². The zero-order chi connectivity index (χ0) is 12.3. The van der Waals surface area contributed by atoms with Gasteiger partial charge in [-0.05, 0) is 18.4 Å². The van der Waals surface area contributed by atoms with Crippen LogP contribution in [0.1, 0.15) is 18.4 Å². The third-order valence-corrected chi connectivity index (χ3v) is 5.76. The van der Waals surface area contributed by atoms with E-state index in [-0.39, 0.29) is 11.0 Å². The summed E-state index contributed by atoms with van der Waals surface area (Å²) in [5.74, 6) is 0.158. The SMILES string of the molecule is O=S(=O)(Cc1ccccc1)C1CCN(S)CC1. The summed E-state index contributed by atoms with van der Waals surface area (Å²) in [5.41, 5.74) is 0.876. The van der Waals surface area contributed by atoms with Gasteiger partial charge < -0.3 is 0 Å². The van der Waals surface area contributed by atoms with Crippen molar-refractivity contribution < 1.29 is 8.42 Å². The van der Waals surface area contributed by atoms with Crippen molar-refractivity contribution in [2.24, 2.45) is 0 Å². The second-order valence-electron chi connectivity index (χ2n) is 4.45. The maximum absolute atomic E-state index is 12.2. The van der Waals surface area contributed by atoms with Gasteiger partial charge in [0.05, 0.1) is 11.0 Å². The summed E-state index contributed by atoms with van der Waals surface area (Å²) in [7, 11) is -3.02. The normalized spacial score (nSPS) is 19.4. The standard InChI is InChI=1S/C12H17NO2S2/c14-17(15,10-11-4-2-1-3-5-11)12-6-8-13(16)9-7-12/h1-5,12,16H,6-10H2. The van der Waals surface area contributed by atoms with E-state index in [1.165, 1.54) is 0 Å². The first-order valence-corrected chi connectivity index (χ1v) is 7.89. The second kappa shape index (κ2) is 5.42. The Labute approximate surface area is 108 Å². The van der Waals surface area contributed by atoms with E-state index in [4.69, 9.17) is 0 Å². The molecule has 0 radical (unpaired) electrons. The molecule has 0 amide bonds. The molecule has 1 aliphatic heterocycles. The molecule has 0 bridgehead atoms. The monoisotopic (exact) mass is 271 g/mol. The smallest absolute Gasteiger partial charge is 0.157 e. The molecule has 5 heteroatoms. The van der Waals surface area contributed by atoms with Crippen LogP contribution in [0.3, 0.4) is 0 Å². The molecule has 0 unspecified atom stereocenters. The molecule has 1 aromatic carbocycles. The van der Waals surface area contributed by atoms with Crippen LogP contribution < -0.4 is 0 Å². The molecule has 3 nitrogen and oxygen atoms in total. The first-order valence-electron chi connectivity index (χ1n) is 5.77. The molecule has 94 valence electrons. The molecule has 17 heavy (non-hydrogen) atoms. The quantitative estimate of drug-likeness (QED) is 0.853. The van der Waals surface area contributed by atoms with Gasteiger partial charge in [0.1, 0.15) is 0 Å². The zero-order valence-electron chi connectivity index (χ0n) is 9.62. The highest BCUT2D eigenvalue weighted by Gasteiger charge is 2.29. The van der Waals surface area contributed by atoms with Gasteiger partial charge in [0.15, 0.2) is 9.84 Å². The van der Waals surface area contributed by atoms with Crippen molar-refractivity contribution in [2.45, 2.75) is 23.8 Å². The van der Waals surface area contributed by atoms with Gasteiger partial charge in [-0.1, -0.05) is 43.1 Å². The van der Waals surface area contributed by atoms with Crippen LogP contribution in [0.4, 0.5) is 0 Å². The van der Waals surface area contributed by atoms with Gasteiger partial charge in [-0.2, -0.15) is 0 Å². The molecular weight excluding hydrogens is 254 g/mol. The van der Waals surface area contributed by atoms with E-state index < -0.39 is 9.84 Å². The van der Waals surface area contributed by atoms with Crippen LogP contribution in [0.25, 0.3) is 0 Å². The van der Waals surface area contributed by atoms with Gasteiger partial charge >= 0.3 is 0 Å². The lowest BCUT2D eigenvalue weighted by molar-refractivity contribution is 0.382. The van der Waals surface area contributed by atoms with E-state index >= 15 is 0 Å². The Morgan fingerprint density at radius 1 is 1.18 bits per heavy atom. The molecule has 0 N–H and O–H groups in total. The lowest BCUT2D eigenvalue weighted by atomic mass is 10.2. The molecule has 1 fully saturated rings. The zero-order valence-corrected chi connectivity index (χ0v) is 11.3. The van der Waals surface area contributed by atoms with Crippen LogP contribution in [0.5, 0.6) is 0 Å². The Morgan fingerprint density at radius 3 is 2.35 bits per heavy atom. The van der Waals surface area contributed by atoms with Gasteiger partial charge in [0, 0.05) is 13.1 Å². The Kier molecular flexibility index (Phi) is 4.12. The number of sulfone groups is 1. The fourth-order valence-corrected chi connectivity index (χ4v) is 4.18. The fraction of sp³-hybridized carbons (Fsp3) is 0.500. The Bertz CT molecular complexity index is 451.